The van der Waals surface area contributed by atoms with Crippen LogP contribution < -0.4 is 0 Å². The van der Waals surface area contributed by atoms with Crippen LogP contribution in [0.2, 0.25) is 0 Å². The average molecular weight is 234 g/mol. The van der Waals surface area contributed by atoms with E-state index in [0.29, 0.717) is 0 Å². The molecule has 6 nitrogen and oxygen atoms in total. The van der Waals surface area contributed by atoms with Gasteiger partial charge in [-0.25, -0.2) is 4.79 Å². The van der Waals surface area contributed by atoms with Crippen molar-refractivity contribution in [2.45, 2.75) is 44.2 Å². The number of carbonyl (C=O) groups is 1. The smallest absolute Gasteiger partial charge is 0.338 e. The zero-order chi connectivity index (χ0) is 12.1. The molecule has 94 valence electrons. The van der Waals surface area contributed by atoms with Crippen LogP contribution in [0.1, 0.15) is 19.8 Å². The normalized spacial score (nSPS) is 34.0. The van der Waals surface area contributed by atoms with Gasteiger partial charge in [0.15, 0.2) is 6.10 Å². The highest BCUT2D eigenvalue weighted by molar-refractivity contribution is 5.76. The number of hydrogen-bond acceptors (Lipinski definition) is 6. The van der Waals surface area contributed by atoms with Gasteiger partial charge < -0.3 is 24.8 Å². The minimum Gasteiger partial charge on any atom is -0.464 e. The number of carbonyl (C=O) groups excluding carboxylic acids is 1. The van der Waals surface area contributed by atoms with Crippen LogP contribution in [0.15, 0.2) is 0 Å². The second kappa shape index (κ2) is 6.15. The monoisotopic (exact) mass is 234 g/mol. The quantitative estimate of drug-likeness (QED) is 0.409. The number of rotatable bonds is 5. The Kier molecular flexibility index (Phi) is 5.14. The first-order chi connectivity index (χ1) is 7.61. The lowest BCUT2D eigenvalue weighted by atomic mass is 10.1. The van der Waals surface area contributed by atoms with Gasteiger partial charge >= 0.3 is 5.97 Å². The van der Waals surface area contributed by atoms with E-state index >= 15 is 0 Å². The molecule has 0 amide bonds. The molecule has 16 heavy (non-hydrogen) atoms. The lowest BCUT2D eigenvalue weighted by Crippen LogP contribution is -2.37. The standard InChI is InChI=1S/C10H18O6/c1-2-3-4-15-10(14)9-8(13)7(12)6(5-11)16-9/h6-9,11-13H,2-5H2,1H3/t6-,7-,8+,9-/m1/s1. The maximum Gasteiger partial charge on any atom is 0.338 e. The molecule has 1 aliphatic rings. The van der Waals surface area contributed by atoms with Gasteiger partial charge in [-0.15, -0.1) is 0 Å². The molecular weight excluding hydrogens is 216 g/mol. The molecule has 1 fully saturated rings. The van der Waals surface area contributed by atoms with Crippen LogP contribution in [0, 0.1) is 0 Å². The molecule has 0 radical (unpaired) electrons. The van der Waals surface area contributed by atoms with Gasteiger partial charge in [0, 0.05) is 0 Å². The molecule has 4 atom stereocenters. The Bertz CT molecular complexity index is 231. The Morgan fingerprint density at radius 3 is 2.56 bits per heavy atom. The molecule has 1 saturated heterocycles. The van der Waals surface area contributed by atoms with E-state index in [1.54, 1.807) is 0 Å². The highest BCUT2D eigenvalue weighted by Crippen LogP contribution is 2.22. The minimum atomic E-state index is -1.34. The number of hydrogen-bond donors (Lipinski definition) is 3. The minimum absolute atomic E-state index is 0.266. The predicted molar refractivity (Wildman–Crippen MR) is 53.6 cm³/mol. The van der Waals surface area contributed by atoms with Crippen LogP contribution in [0.25, 0.3) is 0 Å². The van der Waals surface area contributed by atoms with Crippen molar-refractivity contribution in [3.05, 3.63) is 0 Å². The molecule has 1 rings (SSSR count). The van der Waals surface area contributed by atoms with Gasteiger partial charge in [0.1, 0.15) is 18.3 Å². The topological polar surface area (TPSA) is 96.2 Å². The van der Waals surface area contributed by atoms with Crippen molar-refractivity contribution in [1.82, 2.24) is 0 Å². The first-order valence-corrected chi connectivity index (χ1v) is 5.40. The summed E-state index contributed by atoms with van der Waals surface area (Å²) in [5, 5.41) is 27.7. The average Bonchev–Trinajstić information content (AvgIpc) is 2.56. The number of esters is 1. The van der Waals surface area contributed by atoms with Crippen molar-refractivity contribution in [3.8, 4) is 0 Å². The number of aliphatic hydroxyl groups is 3. The van der Waals surface area contributed by atoms with E-state index < -0.39 is 37.0 Å². The molecule has 0 aromatic heterocycles. The van der Waals surface area contributed by atoms with E-state index in [1.807, 2.05) is 6.92 Å². The van der Waals surface area contributed by atoms with Gasteiger partial charge in [0.25, 0.3) is 0 Å². The summed E-state index contributed by atoms with van der Waals surface area (Å²) in [6.07, 6.45) is -3.10. The van der Waals surface area contributed by atoms with Crippen LogP contribution in [0.5, 0.6) is 0 Å². The molecule has 0 unspecified atom stereocenters. The zero-order valence-corrected chi connectivity index (χ0v) is 9.20. The van der Waals surface area contributed by atoms with Gasteiger partial charge in [-0.05, 0) is 6.42 Å². The van der Waals surface area contributed by atoms with Crippen LogP contribution >= 0.6 is 0 Å². The summed E-state index contributed by atoms with van der Waals surface area (Å²) >= 11 is 0. The van der Waals surface area contributed by atoms with E-state index in [2.05, 4.69) is 0 Å². The van der Waals surface area contributed by atoms with E-state index in [1.165, 1.54) is 0 Å². The van der Waals surface area contributed by atoms with Crippen molar-refractivity contribution in [2.24, 2.45) is 0 Å². The fourth-order valence-electron chi connectivity index (χ4n) is 1.49. The summed E-state index contributed by atoms with van der Waals surface area (Å²) < 4.78 is 9.86. The van der Waals surface area contributed by atoms with E-state index in [0.717, 1.165) is 12.8 Å². The lowest BCUT2D eigenvalue weighted by molar-refractivity contribution is -0.160. The van der Waals surface area contributed by atoms with Gasteiger partial charge in [0.05, 0.1) is 13.2 Å². The number of aliphatic hydroxyl groups excluding tert-OH is 3. The maximum atomic E-state index is 11.4. The maximum absolute atomic E-state index is 11.4. The molecule has 3 N–H and O–H groups in total. The van der Waals surface area contributed by atoms with Crippen LogP contribution in [0.4, 0.5) is 0 Å². The summed E-state index contributed by atoms with van der Waals surface area (Å²) in [5.74, 6) is -0.698. The highest BCUT2D eigenvalue weighted by Gasteiger charge is 2.46. The second-order valence-electron chi connectivity index (χ2n) is 3.78. The second-order valence-corrected chi connectivity index (χ2v) is 3.78. The Morgan fingerprint density at radius 2 is 2.06 bits per heavy atom. The summed E-state index contributed by atoms with van der Waals surface area (Å²) in [6, 6.07) is 0. The Balaban J connectivity index is 2.44. The molecule has 1 heterocycles. The van der Waals surface area contributed by atoms with Crippen molar-refractivity contribution in [1.29, 1.82) is 0 Å². The molecule has 1 aliphatic heterocycles. The molecule has 0 bridgehead atoms. The van der Waals surface area contributed by atoms with Crippen molar-refractivity contribution in [2.75, 3.05) is 13.2 Å². The van der Waals surface area contributed by atoms with Crippen LogP contribution in [-0.2, 0) is 14.3 Å². The van der Waals surface area contributed by atoms with Gasteiger partial charge in [-0.1, -0.05) is 13.3 Å². The summed E-state index contributed by atoms with van der Waals surface area (Å²) in [6.45, 7) is 1.78. The largest absolute Gasteiger partial charge is 0.464 e. The van der Waals surface area contributed by atoms with Gasteiger partial charge in [-0.2, -0.15) is 0 Å². The van der Waals surface area contributed by atoms with Gasteiger partial charge in [0.2, 0.25) is 0 Å². The highest BCUT2D eigenvalue weighted by atomic mass is 16.6. The number of ether oxygens (including phenoxy) is 2. The van der Waals surface area contributed by atoms with E-state index in [-0.39, 0.29) is 6.61 Å². The Morgan fingerprint density at radius 1 is 1.38 bits per heavy atom. The zero-order valence-electron chi connectivity index (χ0n) is 9.20. The van der Waals surface area contributed by atoms with Crippen molar-refractivity contribution >= 4 is 5.97 Å². The molecule has 0 aromatic rings. The fourth-order valence-corrected chi connectivity index (χ4v) is 1.49. The Hall–Kier alpha value is -0.690. The third-order valence-corrected chi connectivity index (χ3v) is 2.52. The van der Waals surface area contributed by atoms with E-state index in [4.69, 9.17) is 14.6 Å². The first kappa shape index (κ1) is 13.4. The van der Waals surface area contributed by atoms with Gasteiger partial charge in [-0.3, -0.25) is 0 Å². The molecule has 0 aromatic carbocycles. The lowest BCUT2D eigenvalue weighted by Gasteiger charge is -2.13. The third kappa shape index (κ3) is 2.91. The predicted octanol–water partition coefficient (Wildman–Crippen LogP) is -1.19. The molecule has 0 aliphatic carbocycles. The van der Waals surface area contributed by atoms with Crippen molar-refractivity contribution < 1.29 is 29.6 Å². The SMILES string of the molecule is CCCCOC(=O)[C@@H]1O[C@H](CO)[C@@H](O)[C@@H]1O. The van der Waals surface area contributed by atoms with Crippen LogP contribution in [0.3, 0.4) is 0 Å². The van der Waals surface area contributed by atoms with Crippen molar-refractivity contribution in [3.63, 3.8) is 0 Å². The third-order valence-electron chi connectivity index (χ3n) is 2.52. The molecule has 0 spiro atoms. The summed E-state index contributed by atoms with van der Waals surface area (Å²) in [4.78, 5) is 11.4. The molecule has 6 heteroatoms. The molecule has 0 saturated carbocycles. The fraction of sp³-hybridized carbons (Fsp3) is 0.900. The summed E-state index contributed by atoms with van der Waals surface area (Å²) in [5.41, 5.74) is 0. The van der Waals surface area contributed by atoms with Crippen LogP contribution in [-0.4, -0.2) is 58.9 Å². The first-order valence-electron chi connectivity index (χ1n) is 5.40. The molecular formula is C10H18O6. The van der Waals surface area contributed by atoms with E-state index in [9.17, 15) is 15.0 Å². The number of unbranched alkanes of at least 4 members (excludes halogenated alkanes) is 1. The Labute approximate surface area is 93.8 Å². The summed E-state index contributed by atoms with van der Waals surface area (Å²) in [7, 11) is 0.